The number of rotatable bonds is 2. The molecule has 0 aliphatic heterocycles. The van der Waals surface area contributed by atoms with Crippen LogP contribution in [0.15, 0.2) is 0 Å². The number of H-pyrrole nitrogens is 1. The van der Waals surface area contributed by atoms with E-state index in [0.29, 0.717) is 4.77 Å². The van der Waals surface area contributed by atoms with Gasteiger partial charge in [-0.1, -0.05) is 0 Å². The van der Waals surface area contributed by atoms with Gasteiger partial charge in [0.15, 0.2) is 4.77 Å². The number of aromatic nitrogens is 3. The van der Waals surface area contributed by atoms with Crippen LogP contribution in [0.3, 0.4) is 0 Å². The second-order valence-electron chi connectivity index (χ2n) is 3.57. The number of carbonyl (C=O) groups is 1. The molecule has 1 aromatic heterocycles. The van der Waals surface area contributed by atoms with E-state index in [4.69, 9.17) is 17.3 Å². The summed E-state index contributed by atoms with van der Waals surface area (Å²) in [7, 11) is 1.80. The van der Waals surface area contributed by atoms with Crippen molar-refractivity contribution >= 4 is 18.2 Å². The van der Waals surface area contributed by atoms with Crippen LogP contribution in [0.5, 0.6) is 0 Å². The molecule has 2 atom stereocenters. The van der Waals surface area contributed by atoms with Crippen LogP contribution >= 0.6 is 12.2 Å². The van der Waals surface area contributed by atoms with Gasteiger partial charge in [0.05, 0.1) is 5.92 Å². The first-order valence-electron chi connectivity index (χ1n) is 4.45. The van der Waals surface area contributed by atoms with Crippen LogP contribution in [0.4, 0.5) is 0 Å². The van der Waals surface area contributed by atoms with Crippen molar-refractivity contribution in [2.45, 2.75) is 18.8 Å². The number of hydrogen-bond donors (Lipinski definition) is 2. The molecule has 1 aliphatic carbocycles. The maximum Gasteiger partial charge on any atom is 0.307 e. The lowest BCUT2D eigenvalue weighted by atomic mass is 9.73. The maximum absolute atomic E-state index is 10.8. The van der Waals surface area contributed by atoms with Gasteiger partial charge in [-0.2, -0.15) is 5.10 Å². The van der Waals surface area contributed by atoms with Gasteiger partial charge in [0, 0.05) is 13.0 Å². The molecule has 1 aliphatic rings. The maximum atomic E-state index is 10.8. The molecule has 76 valence electrons. The van der Waals surface area contributed by atoms with Crippen molar-refractivity contribution in [2.75, 3.05) is 0 Å². The first-order chi connectivity index (χ1) is 6.61. The molecule has 2 rings (SSSR count). The third-order valence-corrected chi connectivity index (χ3v) is 3.20. The van der Waals surface area contributed by atoms with Crippen LogP contribution in [-0.4, -0.2) is 25.8 Å². The molecule has 6 heteroatoms. The molecule has 1 heterocycles. The molecule has 0 spiro atoms. The topological polar surface area (TPSA) is 70.9 Å². The minimum atomic E-state index is -0.741. The van der Waals surface area contributed by atoms with Crippen molar-refractivity contribution in [3.63, 3.8) is 0 Å². The van der Waals surface area contributed by atoms with Gasteiger partial charge in [-0.3, -0.25) is 9.89 Å². The Bertz CT molecular complexity index is 422. The average molecular weight is 213 g/mol. The average Bonchev–Trinajstić information content (AvgIpc) is 2.33. The lowest BCUT2D eigenvalue weighted by Crippen LogP contribution is -2.32. The summed E-state index contributed by atoms with van der Waals surface area (Å²) in [4.78, 5) is 10.8. The van der Waals surface area contributed by atoms with E-state index in [0.717, 1.165) is 18.7 Å². The highest BCUT2D eigenvalue weighted by Crippen LogP contribution is 2.41. The Hall–Kier alpha value is -1.17. The summed E-state index contributed by atoms with van der Waals surface area (Å²) in [5.74, 6) is -0.256. The third-order valence-electron chi connectivity index (χ3n) is 2.84. The molecule has 0 amide bonds. The highest BCUT2D eigenvalue weighted by atomic mass is 32.1. The lowest BCUT2D eigenvalue weighted by Gasteiger charge is -2.32. The zero-order valence-electron chi connectivity index (χ0n) is 7.73. The van der Waals surface area contributed by atoms with E-state index >= 15 is 0 Å². The summed E-state index contributed by atoms with van der Waals surface area (Å²) in [5, 5.41) is 15.6. The quantitative estimate of drug-likeness (QED) is 0.720. The Morgan fingerprint density at radius 1 is 1.71 bits per heavy atom. The number of nitrogens with one attached hydrogen (secondary N) is 1. The summed E-state index contributed by atoms with van der Waals surface area (Å²) in [6.45, 7) is 0. The molecule has 1 saturated carbocycles. The van der Waals surface area contributed by atoms with E-state index in [-0.39, 0.29) is 11.8 Å². The molecule has 0 bridgehead atoms. The molecule has 0 radical (unpaired) electrons. The summed E-state index contributed by atoms with van der Waals surface area (Å²) >= 11 is 4.97. The Morgan fingerprint density at radius 3 is 2.79 bits per heavy atom. The molecule has 0 aromatic carbocycles. The number of aromatic amines is 1. The number of nitrogens with zero attached hydrogens (tertiary/aromatic N) is 2. The lowest BCUT2D eigenvalue weighted by molar-refractivity contribution is -0.145. The fourth-order valence-electron chi connectivity index (χ4n) is 1.80. The highest BCUT2D eigenvalue weighted by Gasteiger charge is 2.40. The van der Waals surface area contributed by atoms with Gasteiger partial charge in [0.1, 0.15) is 5.82 Å². The van der Waals surface area contributed by atoms with E-state index < -0.39 is 5.97 Å². The van der Waals surface area contributed by atoms with E-state index in [2.05, 4.69) is 10.2 Å². The van der Waals surface area contributed by atoms with Gasteiger partial charge in [0.25, 0.3) is 0 Å². The molecule has 5 nitrogen and oxygen atoms in total. The van der Waals surface area contributed by atoms with Crippen LogP contribution in [-0.2, 0) is 11.8 Å². The number of carboxylic acid groups (broad SMARTS) is 1. The van der Waals surface area contributed by atoms with Crippen molar-refractivity contribution in [1.29, 1.82) is 0 Å². The van der Waals surface area contributed by atoms with Crippen LogP contribution in [0.1, 0.15) is 24.6 Å². The summed E-state index contributed by atoms with van der Waals surface area (Å²) in [6.07, 6.45) is 1.62. The predicted octanol–water partition coefficient (Wildman–Crippen LogP) is 1.06. The van der Waals surface area contributed by atoms with E-state index in [1.165, 1.54) is 0 Å². The Kier molecular flexibility index (Phi) is 2.14. The molecular formula is C8H11N3O2S. The Morgan fingerprint density at radius 2 is 2.43 bits per heavy atom. The van der Waals surface area contributed by atoms with Crippen molar-refractivity contribution in [1.82, 2.24) is 14.8 Å². The first kappa shape index (κ1) is 9.39. The fourth-order valence-corrected chi connectivity index (χ4v) is 1.93. The monoisotopic (exact) mass is 213 g/mol. The molecule has 14 heavy (non-hydrogen) atoms. The van der Waals surface area contributed by atoms with Crippen LogP contribution in [0.2, 0.25) is 0 Å². The van der Waals surface area contributed by atoms with Crippen molar-refractivity contribution in [3.8, 4) is 0 Å². The van der Waals surface area contributed by atoms with Gasteiger partial charge in [0.2, 0.25) is 0 Å². The summed E-state index contributed by atoms with van der Waals surface area (Å²) in [6, 6.07) is 0. The zero-order chi connectivity index (χ0) is 10.3. The van der Waals surface area contributed by atoms with Gasteiger partial charge >= 0.3 is 5.97 Å². The van der Waals surface area contributed by atoms with Gasteiger partial charge in [-0.25, -0.2) is 0 Å². The Labute approximate surface area is 85.8 Å². The first-order valence-corrected chi connectivity index (χ1v) is 4.86. The van der Waals surface area contributed by atoms with E-state index in [1.807, 2.05) is 0 Å². The smallest absolute Gasteiger partial charge is 0.307 e. The molecule has 2 N–H and O–H groups in total. The second-order valence-corrected chi connectivity index (χ2v) is 3.96. The number of carboxylic acids is 1. The largest absolute Gasteiger partial charge is 0.481 e. The number of hydrogen-bond acceptors (Lipinski definition) is 3. The van der Waals surface area contributed by atoms with Crippen molar-refractivity contribution in [2.24, 2.45) is 13.0 Å². The predicted molar refractivity (Wildman–Crippen MR) is 51.5 cm³/mol. The molecule has 0 unspecified atom stereocenters. The summed E-state index contributed by atoms with van der Waals surface area (Å²) < 4.78 is 2.28. The van der Waals surface area contributed by atoms with Gasteiger partial charge in [-0.15, -0.1) is 0 Å². The molecule has 1 fully saturated rings. The highest BCUT2D eigenvalue weighted by molar-refractivity contribution is 7.71. The molecule has 0 saturated heterocycles. The third kappa shape index (κ3) is 1.26. The van der Waals surface area contributed by atoms with Crippen LogP contribution in [0.25, 0.3) is 0 Å². The normalized spacial score (nSPS) is 25.8. The van der Waals surface area contributed by atoms with Crippen molar-refractivity contribution < 1.29 is 9.90 Å². The number of aliphatic carboxylic acids is 1. The SMILES string of the molecule is Cn1c([C@@H]2CC[C@@H]2C(=O)O)n[nH]c1=S. The van der Waals surface area contributed by atoms with E-state index in [9.17, 15) is 4.79 Å². The zero-order valence-corrected chi connectivity index (χ0v) is 8.54. The summed E-state index contributed by atoms with van der Waals surface area (Å²) in [5.41, 5.74) is 0. The second kappa shape index (κ2) is 3.20. The minimum absolute atomic E-state index is 0.0189. The van der Waals surface area contributed by atoms with Crippen LogP contribution in [0, 0.1) is 10.7 Å². The van der Waals surface area contributed by atoms with Crippen molar-refractivity contribution in [3.05, 3.63) is 10.6 Å². The van der Waals surface area contributed by atoms with Gasteiger partial charge in [-0.05, 0) is 25.1 Å². The molecule has 1 aromatic rings. The Balaban J connectivity index is 2.28. The molecular weight excluding hydrogens is 202 g/mol. The van der Waals surface area contributed by atoms with Crippen LogP contribution < -0.4 is 0 Å². The van der Waals surface area contributed by atoms with Gasteiger partial charge < -0.3 is 9.67 Å². The standard InChI is InChI=1S/C8H11N3O2S/c1-11-6(9-10-8(11)14)4-2-3-5(4)7(12)13/h4-5H,2-3H2,1H3,(H,10,14)(H,12,13)/t4-,5+/m1/s1. The minimum Gasteiger partial charge on any atom is -0.481 e. The fraction of sp³-hybridized carbons (Fsp3) is 0.625. The van der Waals surface area contributed by atoms with E-state index in [1.54, 1.807) is 11.6 Å².